The minimum Gasteiger partial charge on any atom is -0.493 e. The van der Waals surface area contributed by atoms with Crippen LogP contribution in [0.1, 0.15) is 33.6 Å². The summed E-state index contributed by atoms with van der Waals surface area (Å²) in [5, 5.41) is 7.13. The molecule has 2 N–H and O–H groups in total. The Morgan fingerprint density at radius 1 is 1.05 bits per heavy atom. The number of aromatic nitrogens is 2. The Bertz CT molecular complexity index is 1340. The molecule has 3 aromatic rings. The summed E-state index contributed by atoms with van der Waals surface area (Å²) >= 11 is 0. The van der Waals surface area contributed by atoms with Gasteiger partial charge in [-0.3, -0.25) is 0 Å². The molecule has 5 rings (SSSR count). The molecule has 11 heteroatoms. The van der Waals surface area contributed by atoms with E-state index in [1.165, 1.54) is 6.33 Å². The minimum absolute atomic E-state index is 0.0758. The van der Waals surface area contributed by atoms with Crippen LogP contribution in [0.5, 0.6) is 17.2 Å². The highest BCUT2D eigenvalue weighted by Crippen LogP contribution is 2.37. The second-order valence-corrected chi connectivity index (χ2v) is 11.2. The van der Waals surface area contributed by atoms with Gasteiger partial charge >= 0.3 is 6.03 Å². The molecule has 226 valence electrons. The molecule has 0 radical (unpaired) electrons. The SMILES string of the molecule is COc1cc2c(N3CCN(C(=O)Nc4ccc(OC(C)C)cc4)CC3)ncnc2cc1OC(C(C)F)C1CCCNC1. The molecule has 2 aliphatic rings. The fourth-order valence-electron chi connectivity index (χ4n) is 5.64. The Morgan fingerprint density at radius 3 is 2.45 bits per heavy atom. The average molecular weight is 581 g/mol. The van der Waals surface area contributed by atoms with Gasteiger partial charge in [0.15, 0.2) is 11.5 Å². The monoisotopic (exact) mass is 580 g/mol. The Hall–Kier alpha value is -3.86. The van der Waals surface area contributed by atoms with Crippen molar-refractivity contribution < 1.29 is 23.4 Å². The first-order chi connectivity index (χ1) is 20.3. The third kappa shape index (κ3) is 6.95. The molecule has 2 aliphatic heterocycles. The average Bonchev–Trinajstić information content (AvgIpc) is 3.00. The van der Waals surface area contributed by atoms with Crippen LogP contribution >= 0.6 is 0 Å². The zero-order valence-corrected chi connectivity index (χ0v) is 24.8. The molecular weight excluding hydrogens is 539 g/mol. The van der Waals surface area contributed by atoms with Crippen molar-refractivity contribution >= 4 is 28.4 Å². The van der Waals surface area contributed by atoms with E-state index < -0.39 is 12.3 Å². The maximum Gasteiger partial charge on any atom is 0.321 e. The van der Waals surface area contributed by atoms with E-state index in [9.17, 15) is 9.18 Å². The molecule has 2 aromatic carbocycles. The van der Waals surface area contributed by atoms with Gasteiger partial charge < -0.3 is 34.6 Å². The van der Waals surface area contributed by atoms with E-state index in [2.05, 4.69) is 25.5 Å². The van der Waals surface area contributed by atoms with Gasteiger partial charge in [0.1, 0.15) is 30.2 Å². The number of carbonyl (C=O) groups excluding carboxylic acids is 1. The summed E-state index contributed by atoms with van der Waals surface area (Å²) in [5.41, 5.74) is 1.41. The number of halogens is 1. The second-order valence-electron chi connectivity index (χ2n) is 11.2. The van der Waals surface area contributed by atoms with E-state index in [-0.39, 0.29) is 18.1 Å². The third-order valence-electron chi connectivity index (χ3n) is 7.76. The van der Waals surface area contributed by atoms with Gasteiger partial charge in [-0.15, -0.1) is 0 Å². The highest BCUT2D eigenvalue weighted by Gasteiger charge is 2.31. The molecule has 0 bridgehead atoms. The van der Waals surface area contributed by atoms with Crippen molar-refractivity contribution in [1.82, 2.24) is 20.2 Å². The number of piperazine rings is 1. The van der Waals surface area contributed by atoms with Crippen molar-refractivity contribution in [3.05, 3.63) is 42.7 Å². The third-order valence-corrected chi connectivity index (χ3v) is 7.76. The first-order valence-corrected chi connectivity index (χ1v) is 14.7. The summed E-state index contributed by atoms with van der Waals surface area (Å²) in [6, 6.07) is 10.9. The number of nitrogens with zero attached hydrogens (tertiary/aromatic N) is 4. The molecular formula is C31H41FN6O4. The topological polar surface area (TPSA) is 101 Å². The maximum absolute atomic E-state index is 14.7. The Labute approximate surface area is 246 Å². The lowest BCUT2D eigenvalue weighted by Crippen LogP contribution is -2.50. The van der Waals surface area contributed by atoms with Gasteiger partial charge in [0.2, 0.25) is 0 Å². The van der Waals surface area contributed by atoms with Gasteiger partial charge in [-0.1, -0.05) is 0 Å². The van der Waals surface area contributed by atoms with Crippen LogP contribution < -0.4 is 29.7 Å². The molecule has 2 amide bonds. The molecule has 3 atom stereocenters. The lowest BCUT2D eigenvalue weighted by molar-refractivity contribution is 0.0462. The van der Waals surface area contributed by atoms with Gasteiger partial charge in [0.25, 0.3) is 0 Å². The number of urea groups is 1. The number of piperidine rings is 1. The summed E-state index contributed by atoms with van der Waals surface area (Å²) in [4.78, 5) is 25.9. The quantitative estimate of drug-likeness (QED) is 0.369. The fourth-order valence-corrected chi connectivity index (χ4v) is 5.64. The van der Waals surface area contributed by atoms with Crippen LogP contribution in [0.2, 0.25) is 0 Å². The molecule has 2 saturated heterocycles. The second kappa shape index (κ2) is 13.4. The van der Waals surface area contributed by atoms with E-state index in [0.29, 0.717) is 43.2 Å². The molecule has 42 heavy (non-hydrogen) atoms. The van der Waals surface area contributed by atoms with Crippen LogP contribution in [0.3, 0.4) is 0 Å². The number of methoxy groups -OCH3 is 1. The number of hydrogen-bond acceptors (Lipinski definition) is 8. The highest BCUT2D eigenvalue weighted by atomic mass is 19.1. The fraction of sp³-hybridized carbons (Fsp3) is 0.516. The van der Waals surface area contributed by atoms with E-state index in [1.54, 1.807) is 18.9 Å². The van der Waals surface area contributed by atoms with Gasteiger partial charge in [0, 0.05) is 55.8 Å². The number of hydrogen-bond donors (Lipinski definition) is 2. The number of benzene rings is 2. The number of anilines is 2. The van der Waals surface area contributed by atoms with Crippen molar-refractivity contribution in [1.29, 1.82) is 0 Å². The van der Waals surface area contributed by atoms with Crippen LogP contribution in [0, 0.1) is 5.92 Å². The van der Waals surface area contributed by atoms with Gasteiger partial charge in [-0.25, -0.2) is 19.2 Å². The number of alkyl halides is 1. The standard InChI is InChI=1S/C31H41FN6O4/c1-20(2)41-24-9-7-23(8-10-24)36-31(39)38-14-12-37(13-15-38)30-25-16-27(40-4)28(17-26(25)34-19-35-30)42-29(21(3)32)22-6-5-11-33-18-22/h7-10,16-17,19-22,29,33H,5-6,11-15,18H2,1-4H3,(H,36,39). The molecule has 3 heterocycles. The number of ether oxygens (including phenoxy) is 3. The van der Waals surface area contributed by atoms with Crippen LogP contribution in [0.15, 0.2) is 42.7 Å². The largest absolute Gasteiger partial charge is 0.493 e. The first kappa shape index (κ1) is 29.6. The number of amides is 2. The van der Waals surface area contributed by atoms with Crippen molar-refractivity contribution in [2.24, 2.45) is 5.92 Å². The summed E-state index contributed by atoms with van der Waals surface area (Å²) in [7, 11) is 1.58. The smallest absolute Gasteiger partial charge is 0.321 e. The lowest BCUT2D eigenvalue weighted by atomic mass is 9.91. The van der Waals surface area contributed by atoms with Crippen LogP contribution in [-0.2, 0) is 0 Å². The molecule has 0 aliphatic carbocycles. The Morgan fingerprint density at radius 2 is 1.81 bits per heavy atom. The van der Waals surface area contributed by atoms with Gasteiger partial charge in [-0.2, -0.15) is 0 Å². The minimum atomic E-state index is -1.14. The number of fused-ring (bicyclic) bond motifs is 1. The van der Waals surface area contributed by atoms with Crippen LogP contribution in [-0.4, -0.2) is 85.7 Å². The lowest BCUT2D eigenvalue weighted by Gasteiger charge is -2.35. The predicted molar refractivity (Wildman–Crippen MR) is 162 cm³/mol. The Balaban J connectivity index is 1.26. The number of carbonyl (C=O) groups is 1. The van der Waals surface area contributed by atoms with Gasteiger partial charge in [-0.05, 0) is 70.5 Å². The van der Waals surface area contributed by atoms with E-state index in [1.807, 2.05) is 50.2 Å². The first-order valence-electron chi connectivity index (χ1n) is 14.7. The molecule has 3 unspecified atom stereocenters. The molecule has 0 saturated carbocycles. The van der Waals surface area contributed by atoms with Gasteiger partial charge in [0.05, 0.1) is 18.7 Å². The summed E-state index contributed by atoms with van der Waals surface area (Å²) in [6.45, 7) is 9.46. The highest BCUT2D eigenvalue weighted by molar-refractivity contribution is 5.92. The van der Waals surface area contributed by atoms with Crippen LogP contribution in [0.4, 0.5) is 20.7 Å². The Kier molecular flexibility index (Phi) is 9.46. The van der Waals surface area contributed by atoms with E-state index >= 15 is 0 Å². The number of rotatable bonds is 9. The normalized spacial score (nSPS) is 19.0. The summed E-state index contributed by atoms with van der Waals surface area (Å²) in [6.07, 6.45) is 1.81. The molecule has 1 aromatic heterocycles. The molecule has 0 spiro atoms. The van der Waals surface area contributed by atoms with Crippen molar-refractivity contribution in [2.45, 2.75) is 52.0 Å². The predicted octanol–water partition coefficient (Wildman–Crippen LogP) is 4.88. The molecule has 10 nitrogen and oxygen atoms in total. The summed E-state index contributed by atoms with van der Waals surface area (Å²) in [5.74, 6) is 2.59. The van der Waals surface area contributed by atoms with E-state index in [0.717, 1.165) is 48.6 Å². The van der Waals surface area contributed by atoms with E-state index in [4.69, 9.17) is 14.2 Å². The number of nitrogens with one attached hydrogen (secondary N) is 2. The van der Waals surface area contributed by atoms with Crippen molar-refractivity contribution in [3.8, 4) is 17.2 Å². The molecule has 2 fully saturated rings. The maximum atomic E-state index is 14.7. The zero-order valence-electron chi connectivity index (χ0n) is 24.8. The summed E-state index contributed by atoms with van der Waals surface area (Å²) < 4.78 is 32.3. The van der Waals surface area contributed by atoms with Crippen molar-refractivity contribution in [3.63, 3.8) is 0 Å². The van der Waals surface area contributed by atoms with Crippen molar-refractivity contribution in [2.75, 3.05) is 56.6 Å². The van der Waals surface area contributed by atoms with Crippen LogP contribution in [0.25, 0.3) is 10.9 Å². The zero-order chi connectivity index (χ0) is 29.6.